The zero-order valence-corrected chi connectivity index (χ0v) is 20.8. The minimum absolute atomic E-state index is 0.0726. The van der Waals surface area contributed by atoms with Crippen molar-refractivity contribution < 1.29 is 14.3 Å². The average molecular weight is 474 g/mol. The predicted octanol–water partition coefficient (Wildman–Crippen LogP) is 2.34. The van der Waals surface area contributed by atoms with Gasteiger partial charge in [0.25, 0.3) is 0 Å². The average Bonchev–Trinajstić information content (AvgIpc) is 3.57. The number of hydrogen-bond acceptors (Lipinski definition) is 6. The van der Waals surface area contributed by atoms with E-state index in [2.05, 4.69) is 27.6 Å². The van der Waals surface area contributed by atoms with Crippen LogP contribution in [0.1, 0.15) is 71.1 Å². The van der Waals surface area contributed by atoms with Crippen LogP contribution in [0.2, 0.25) is 0 Å². The minimum Gasteiger partial charge on any atom is -0.446 e. The van der Waals surface area contributed by atoms with Crippen LogP contribution in [0.5, 0.6) is 0 Å². The molecule has 0 radical (unpaired) electrons. The molecule has 0 aromatic rings. The minimum atomic E-state index is -0.133. The van der Waals surface area contributed by atoms with E-state index in [1.807, 2.05) is 4.90 Å². The number of piperazine rings is 1. The van der Waals surface area contributed by atoms with Gasteiger partial charge in [-0.25, -0.2) is 9.80 Å². The van der Waals surface area contributed by atoms with Gasteiger partial charge in [0.2, 0.25) is 5.91 Å². The summed E-state index contributed by atoms with van der Waals surface area (Å²) in [6.45, 7) is 7.12. The van der Waals surface area contributed by atoms with Crippen LogP contribution in [0.15, 0.2) is 0 Å². The number of carbonyl (C=O) groups excluding carboxylic acids is 2. The highest BCUT2D eigenvalue weighted by Crippen LogP contribution is 2.42. The number of fused-ring (bicyclic) bond motifs is 1. The van der Waals surface area contributed by atoms with E-state index in [4.69, 9.17) is 4.74 Å². The van der Waals surface area contributed by atoms with Gasteiger partial charge < -0.3 is 19.9 Å². The highest BCUT2D eigenvalue weighted by molar-refractivity contribution is 5.82. The molecule has 8 heteroatoms. The van der Waals surface area contributed by atoms with Gasteiger partial charge in [-0.2, -0.15) is 0 Å². The maximum Gasteiger partial charge on any atom is 0.410 e. The first kappa shape index (κ1) is 23.0. The Morgan fingerprint density at radius 3 is 2.38 bits per heavy atom. The first-order valence-corrected chi connectivity index (χ1v) is 14.1. The third-order valence-electron chi connectivity index (χ3n) is 9.65. The Bertz CT molecular complexity index is 766. The van der Waals surface area contributed by atoms with E-state index in [1.165, 1.54) is 12.8 Å². The number of amides is 2. The molecule has 0 aromatic carbocycles. The van der Waals surface area contributed by atoms with Crippen LogP contribution < -0.4 is 10.7 Å². The van der Waals surface area contributed by atoms with E-state index in [9.17, 15) is 9.59 Å². The van der Waals surface area contributed by atoms with Gasteiger partial charge in [-0.05, 0) is 96.1 Å². The fourth-order valence-corrected chi connectivity index (χ4v) is 7.24. The lowest BCUT2D eigenvalue weighted by Crippen LogP contribution is -2.68. The Kier molecular flexibility index (Phi) is 6.50. The van der Waals surface area contributed by atoms with E-state index in [0.29, 0.717) is 30.3 Å². The van der Waals surface area contributed by atoms with Crippen molar-refractivity contribution in [3.05, 3.63) is 0 Å². The molecule has 0 spiro atoms. The summed E-state index contributed by atoms with van der Waals surface area (Å²) in [5.41, 5.74) is 3.71. The number of carbonyl (C=O) groups is 2. The molecular formula is C26H43N5O3. The summed E-state index contributed by atoms with van der Waals surface area (Å²) in [5, 5.41) is 5.98. The van der Waals surface area contributed by atoms with Crippen molar-refractivity contribution >= 4 is 12.0 Å². The van der Waals surface area contributed by atoms with Crippen molar-refractivity contribution in [1.82, 2.24) is 25.6 Å². The molecule has 3 saturated carbocycles. The summed E-state index contributed by atoms with van der Waals surface area (Å²) < 4.78 is 5.89. The third kappa shape index (κ3) is 4.46. The molecule has 2 amide bonds. The fourth-order valence-electron chi connectivity index (χ4n) is 7.24. The van der Waals surface area contributed by atoms with Crippen LogP contribution in [-0.4, -0.2) is 89.8 Å². The Morgan fingerprint density at radius 2 is 1.68 bits per heavy atom. The first-order valence-electron chi connectivity index (χ1n) is 14.1. The summed E-state index contributed by atoms with van der Waals surface area (Å²) in [6, 6.07) is 0.956. The Labute approximate surface area is 204 Å². The maximum absolute atomic E-state index is 13.3. The maximum atomic E-state index is 13.3. The molecule has 8 nitrogen and oxygen atoms in total. The van der Waals surface area contributed by atoms with Crippen molar-refractivity contribution in [1.29, 1.82) is 0 Å². The fraction of sp³-hybridized carbons (Fsp3) is 0.923. The molecule has 34 heavy (non-hydrogen) atoms. The number of hydrazine groups is 1. The van der Waals surface area contributed by atoms with Crippen LogP contribution in [-0.2, 0) is 9.53 Å². The zero-order chi connectivity index (χ0) is 23.2. The quantitative estimate of drug-likeness (QED) is 0.653. The second-order valence-corrected chi connectivity index (χ2v) is 11.9. The molecule has 190 valence electrons. The summed E-state index contributed by atoms with van der Waals surface area (Å²) >= 11 is 0. The second kappa shape index (κ2) is 9.58. The number of hydrogen-bond donors (Lipinski definition) is 2. The summed E-state index contributed by atoms with van der Waals surface area (Å²) in [4.78, 5) is 30.8. The van der Waals surface area contributed by atoms with Crippen LogP contribution in [0.3, 0.4) is 0 Å². The normalized spacial score (nSPS) is 37.9. The van der Waals surface area contributed by atoms with Gasteiger partial charge in [-0.15, -0.1) is 0 Å². The molecule has 3 saturated heterocycles. The number of nitrogens with one attached hydrogen (secondary N) is 2. The molecule has 3 aliphatic carbocycles. The Hall–Kier alpha value is -1.38. The number of piperidine rings is 1. The number of rotatable bonds is 4. The molecule has 6 rings (SSSR count). The largest absolute Gasteiger partial charge is 0.446 e. The van der Waals surface area contributed by atoms with E-state index in [0.717, 1.165) is 77.5 Å². The van der Waals surface area contributed by atoms with Crippen LogP contribution >= 0.6 is 0 Å². The highest BCUT2D eigenvalue weighted by Gasteiger charge is 2.51. The molecule has 5 atom stereocenters. The number of ether oxygens (including phenoxy) is 1. The Morgan fingerprint density at radius 1 is 0.882 bits per heavy atom. The summed E-state index contributed by atoms with van der Waals surface area (Å²) in [6.07, 6.45) is 10.8. The molecule has 2 N–H and O–H groups in total. The number of nitrogens with zero attached hydrogens (tertiary/aromatic N) is 3. The molecule has 6 aliphatic rings. The van der Waals surface area contributed by atoms with Gasteiger partial charge >= 0.3 is 6.09 Å². The van der Waals surface area contributed by atoms with Gasteiger partial charge in [-0.1, -0.05) is 0 Å². The van der Waals surface area contributed by atoms with Crippen LogP contribution in [0.25, 0.3) is 0 Å². The van der Waals surface area contributed by atoms with E-state index < -0.39 is 0 Å². The SMILES string of the molecule is C[C@H]1CN(C(=O)OC2CCC2)C2CC(C3CNN(C4CCNCC4)C3)CCC2N1C(=O)C1CC1. The standard InChI is InChI=1S/C26H43N5O3/c1-17-15-29(26(33)34-22-3-2-4-22)24-13-19(7-8-23(24)31(17)25(32)18-5-6-18)20-14-28-30(16-20)21-9-11-27-12-10-21/h17-24,27-28H,2-16H2,1H3/t17-,19?,20?,23?,24?/m0/s1. The van der Waals surface area contributed by atoms with Crippen molar-refractivity contribution in [3.63, 3.8) is 0 Å². The molecule has 4 unspecified atom stereocenters. The molecular weight excluding hydrogens is 430 g/mol. The monoisotopic (exact) mass is 473 g/mol. The molecule has 6 fully saturated rings. The van der Waals surface area contributed by atoms with Gasteiger partial charge in [0, 0.05) is 37.6 Å². The van der Waals surface area contributed by atoms with E-state index in [1.54, 1.807) is 0 Å². The van der Waals surface area contributed by atoms with Gasteiger partial charge in [0.15, 0.2) is 0 Å². The highest BCUT2D eigenvalue weighted by atomic mass is 16.6. The van der Waals surface area contributed by atoms with Crippen molar-refractivity contribution in [2.75, 3.05) is 32.7 Å². The van der Waals surface area contributed by atoms with Crippen LogP contribution in [0.4, 0.5) is 4.79 Å². The van der Waals surface area contributed by atoms with E-state index in [-0.39, 0.29) is 36.2 Å². The Balaban J connectivity index is 1.16. The third-order valence-corrected chi connectivity index (χ3v) is 9.65. The van der Waals surface area contributed by atoms with Crippen LogP contribution in [0, 0.1) is 17.8 Å². The lowest BCUT2D eigenvalue weighted by Gasteiger charge is -2.54. The van der Waals surface area contributed by atoms with Crippen molar-refractivity contribution in [2.45, 2.75) is 101 Å². The summed E-state index contributed by atoms with van der Waals surface area (Å²) in [7, 11) is 0. The zero-order valence-electron chi connectivity index (χ0n) is 20.8. The van der Waals surface area contributed by atoms with Gasteiger partial charge in [-0.3, -0.25) is 10.2 Å². The first-order chi connectivity index (χ1) is 16.6. The van der Waals surface area contributed by atoms with Gasteiger partial charge in [0.05, 0.1) is 12.1 Å². The molecule has 3 heterocycles. The summed E-state index contributed by atoms with van der Waals surface area (Å²) in [5.74, 6) is 1.78. The second-order valence-electron chi connectivity index (χ2n) is 11.9. The topological polar surface area (TPSA) is 77.2 Å². The lowest BCUT2D eigenvalue weighted by molar-refractivity contribution is -0.146. The van der Waals surface area contributed by atoms with Crippen molar-refractivity contribution in [2.24, 2.45) is 17.8 Å². The molecule has 0 aromatic heterocycles. The van der Waals surface area contributed by atoms with E-state index >= 15 is 0 Å². The smallest absolute Gasteiger partial charge is 0.410 e. The molecule has 0 bridgehead atoms. The van der Waals surface area contributed by atoms with Gasteiger partial charge in [0.1, 0.15) is 6.10 Å². The molecule has 3 aliphatic heterocycles. The predicted molar refractivity (Wildman–Crippen MR) is 129 cm³/mol. The van der Waals surface area contributed by atoms with Crippen molar-refractivity contribution in [3.8, 4) is 0 Å². The lowest BCUT2D eigenvalue weighted by atomic mass is 9.73.